The highest BCUT2D eigenvalue weighted by Gasteiger charge is 2.25. The van der Waals surface area contributed by atoms with Crippen LogP contribution < -0.4 is 5.73 Å². The number of amides is 1. The van der Waals surface area contributed by atoms with Crippen molar-refractivity contribution in [3.8, 4) is 0 Å². The van der Waals surface area contributed by atoms with Crippen LogP contribution in [0.15, 0.2) is 36.7 Å². The zero-order valence-corrected chi connectivity index (χ0v) is 17.9. The van der Waals surface area contributed by atoms with Gasteiger partial charge < -0.3 is 10.6 Å². The molecule has 4 aromatic rings. The van der Waals surface area contributed by atoms with Crippen LogP contribution in [-0.4, -0.2) is 45.3 Å². The topological polar surface area (TPSA) is 75.3 Å². The van der Waals surface area contributed by atoms with Gasteiger partial charge in [0.2, 0.25) is 5.91 Å². The number of aromatic nitrogens is 2. The number of hydrogen-bond donors (Lipinski definition) is 1. The summed E-state index contributed by atoms with van der Waals surface area (Å²) < 4.78 is 1.18. The van der Waals surface area contributed by atoms with Crippen molar-refractivity contribution in [3.63, 3.8) is 0 Å². The summed E-state index contributed by atoms with van der Waals surface area (Å²) in [4.78, 5) is 28.3. The normalized spacial score (nSPS) is 15.6. The summed E-state index contributed by atoms with van der Waals surface area (Å²) in [5, 5.41) is 2.82. The third-order valence-corrected chi connectivity index (χ3v) is 7.41. The Hall–Kier alpha value is -2.26. The maximum absolute atomic E-state index is 12.7. The van der Waals surface area contributed by atoms with Gasteiger partial charge in [0.25, 0.3) is 0 Å². The van der Waals surface area contributed by atoms with Crippen LogP contribution in [0.4, 0.5) is 5.82 Å². The van der Waals surface area contributed by atoms with Crippen LogP contribution in [0.1, 0.15) is 9.75 Å². The van der Waals surface area contributed by atoms with E-state index in [-0.39, 0.29) is 5.91 Å². The van der Waals surface area contributed by atoms with E-state index in [0.717, 1.165) is 33.2 Å². The molecule has 4 heterocycles. The number of carbonyl (C=O) groups is 1. The van der Waals surface area contributed by atoms with E-state index >= 15 is 0 Å². The molecular formula is C20H18ClN5OS2. The summed E-state index contributed by atoms with van der Waals surface area (Å²) in [7, 11) is 0. The number of hydrogen-bond acceptors (Lipinski definition) is 7. The molecule has 1 amide bonds. The first-order valence-corrected chi connectivity index (χ1v) is 11.2. The summed E-state index contributed by atoms with van der Waals surface area (Å²) >= 11 is 9.39. The SMILES string of the molecule is Nc1ncnc2sc(CN3CCN(Cc4cc5ccc(Cl)cc5s4)CC3=O)cc12. The van der Waals surface area contributed by atoms with Gasteiger partial charge in [-0.2, -0.15) is 0 Å². The van der Waals surface area contributed by atoms with Gasteiger partial charge in [0, 0.05) is 39.1 Å². The van der Waals surface area contributed by atoms with Crippen LogP contribution in [0.5, 0.6) is 0 Å². The Labute approximate surface area is 180 Å². The molecule has 2 N–H and O–H groups in total. The average Bonchev–Trinajstić information content (AvgIpc) is 3.27. The Kier molecular flexibility index (Phi) is 4.87. The van der Waals surface area contributed by atoms with E-state index < -0.39 is 0 Å². The summed E-state index contributed by atoms with van der Waals surface area (Å²) in [6.07, 6.45) is 1.48. The fraction of sp³-hybridized carbons (Fsp3) is 0.250. The molecule has 1 saturated heterocycles. The van der Waals surface area contributed by atoms with E-state index in [4.69, 9.17) is 17.3 Å². The fourth-order valence-corrected chi connectivity index (χ4v) is 6.01. The molecule has 1 fully saturated rings. The van der Waals surface area contributed by atoms with Gasteiger partial charge >= 0.3 is 0 Å². The van der Waals surface area contributed by atoms with Gasteiger partial charge in [0.05, 0.1) is 18.5 Å². The molecule has 1 aliphatic rings. The molecule has 1 aliphatic heterocycles. The highest BCUT2D eigenvalue weighted by molar-refractivity contribution is 7.19. The van der Waals surface area contributed by atoms with E-state index in [1.807, 2.05) is 29.2 Å². The van der Waals surface area contributed by atoms with Gasteiger partial charge in [-0.3, -0.25) is 9.69 Å². The van der Waals surface area contributed by atoms with Crippen LogP contribution in [0.25, 0.3) is 20.3 Å². The minimum absolute atomic E-state index is 0.150. The zero-order chi connectivity index (χ0) is 20.0. The summed E-state index contributed by atoms with van der Waals surface area (Å²) in [5.74, 6) is 0.634. The van der Waals surface area contributed by atoms with E-state index in [0.29, 0.717) is 25.5 Å². The second-order valence-electron chi connectivity index (χ2n) is 7.11. The van der Waals surface area contributed by atoms with Gasteiger partial charge in [-0.1, -0.05) is 17.7 Å². The lowest BCUT2D eigenvalue weighted by atomic mass is 10.2. The quantitative estimate of drug-likeness (QED) is 0.516. The van der Waals surface area contributed by atoms with Crippen molar-refractivity contribution in [2.75, 3.05) is 25.4 Å². The van der Waals surface area contributed by atoms with Crippen molar-refractivity contribution < 1.29 is 4.79 Å². The number of nitrogen functional groups attached to an aromatic ring is 1. The highest BCUT2D eigenvalue weighted by atomic mass is 35.5. The van der Waals surface area contributed by atoms with Gasteiger partial charge in [-0.05, 0) is 29.7 Å². The molecule has 5 rings (SSSR count). The van der Waals surface area contributed by atoms with Crippen molar-refractivity contribution in [1.82, 2.24) is 19.8 Å². The predicted octanol–water partition coefficient (Wildman–Crippen LogP) is 3.99. The average molecular weight is 444 g/mol. The molecule has 0 atom stereocenters. The van der Waals surface area contributed by atoms with Crippen molar-refractivity contribution in [2.45, 2.75) is 13.1 Å². The number of benzene rings is 1. The number of piperazine rings is 1. The lowest BCUT2D eigenvalue weighted by Crippen LogP contribution is -2.49. The van der Waals surface area contributed by atoms with E-state index in [1.165, 1.54) is 21.3 Å². The second kappa shape index (κ2) is 7.53. The number of nitrogens with two attached hydrogens (primary N) is 1. The van der Waals surface area contributed by atoms with Gasteiger partial charge in [-0.25, -0.2) is 9.97 Å². The zero-order valence-electron chi connectivity index (χ0n) is 15.5. The monoisotopic (exact) mass is 443 g/mol. The number of thiophene rings is 2. The van der Waals surface area contributed by atoms with Gasteiger partial charge in [0.15, 0.2) is 0 Å². The standard InChI is InChI=1S/C20H18ClN5OS2/c21-13-2-1-12-5-14(28-17(12)6-13)8-25-3-4-26(18(27)10-25)9-15-7-16-19(22)23-11-24-20(16)29-15/h1-2,5-7,11H,3-4,8-10H2,(H2,22,23,24). The van der Waals surface area contributed by atoms with Gasteiger partial charge in [0.1, 0.15) is 17.0 Å². The molecule has 29 heavy (non-hydrogen) atoms. The van der Waals surface area contributed by atoms with E-state index in [2.05, 4.69) is 20.9 Å². The Morgan fingerprint density at radius 1 is 1.07 bits per heavy atom. The lowest BCUT2D eigenvalue weighted by Gasteiger charge is -2.33. The fourth-order valence-electron chi connectivity index (χ4n) is 3.61. The molecule has 0 spiro atoms. The first kappa shape index (κ1) is 18.7. The minimum atomic E-state index is 0.150. The van der Waals surface area contributed by atoms with E-state index in [1.54, 1.807) is 22.7 Å². The molecule has 9 heteroatoms. The van der Waals surface area contributed by atoms with Crippen LogP contribution in [0, 0.1) is 0 Å². The molecule has 0 aliphatic carbocycles. The Balaban J connectivity index is 1.24. The molecule has 0 radical (unpaired) electrons. The maximum Gasteiger partial charge on any atom is 0.237 e. The van der Waals surface area contributed by atoms with Crippen molar-refractivity contribution in [1.29, 1.82) is 0 Å². The number of fused-ring (bicyclic) bond motifs is 2. The number of rotatable bonds is 4. The maximum atomic E-state index is 12.7. The molecule has 3 aromatic heterocycles. The lowest BCUT2D eigenvalue weighted by molar-refractivity contribution is -0.136. The molecular weight excluding hydrogens is 426 g/mol. The molecule has 6 nitrogen and oxygen atoms in total. The van der Waals surface area contributed by atoms with Crippen LogP contribution in [-0.2, 0) is 17.9 Å². The smallest absolute Gasteiger partial charge is 0.237 e. The van der Waals surface area contributed by atoms with Crippen molar-refractivity contribution in [3.05, 3.63) is 51.4 Å². The summed E-state index contributed by atoms with van der Waals surface area (Å²) in [6.45, 7) is 3.38. The number of nitrogens with zero attached hydrogens (tertiary/aromatic N) is 4. The Bertz CT molecular complexity index is 1220. The Morgan fingerprint density at radius 3 is 2.76 bits per heavy atom. The summed E-state index contributed by atoms with van der Waals surface area (Å²) in [6, 6.07) is 10.1. The van der Waals surface area contributed by atoms with Crippen LogP contribution in [0.3, 0.4) is 0 Å². The molecule has 0 bridgehead atoms. The molecule has 0 saturated carbocycles. The molecule has 0 unspecified atom stereocenters. The first-order chi connectivity index (χ1) is 14.0. The predicted molar refractivity (Wildman–Crippen MR) is 119 cm³/mol. The van der Waals surface area contributed by atoms with Crippen LogP contribution >= 0.6 is 34.3 Å². The highest BCUT2D eigenvalue weighted by Crippen LogP contribution is 2.30. The Morgan fingerprint density at radius 2 is 1.93 bits per heavy atom. The number of anilines is 1. The first-order valence-electron chi connectivity index (χ1n) is 9.22. The van der Waals surface area contributed by atoms with Crippen molar-refractivity contribution in [2.24, 2.45) is 0 Å². The summed E-state index contributed by atoms with van der Waals surface area (Å²) in [5.41, 5.74) is 5.92. The molecule has 148 valence electrons. The number of halogens is 1. The van der Waals surface area contributed by atoms with Gasteiger partial charge in [-0.15, -0.1) is 22.7 Å². The van der Waals surface area contributed by atoms with Crippen molar-refractivity contribution >= 4 is 66.3 Å². The molecule has 1 aromatic carbocycles. The largest absolute Gasteiger partial charge is 0.383 e. The third kappa shape index (κ3) is 3.81. The number of carbonyl (C=O) groups excluding carboxylic acids is 1. The second-order valence-corrected chi connectivity index (χ2v) is 9.83. The van der Waals surface area contributed by atoms with E-state index in [9.17, 15) is 4.79 Å². The van der Waals surface area contributed by atoms with Crippen LogP contribution in [0.2, 0.25) is 5.02 Å². The third-order valence-electron chi connectivity index (χ3n) is 5.07. The minimum Gasteiger partial charge on any atom is -0.383 e.